The van der Waals surface area contributed by atoms with E-state index in [1.54, 1.807) is 0 Å². The lowest BCUT2D eigenvalue weighted by Gasteiger charge is -1.95. The summed E-state index contributed by atoms with van der Waals surface area (Å²) in [5.74, 6) is 0.604. The summed E-state index contributed by atoms with van der Waals surface area (Å²) in [7, 11) is 0. The molecule has 0 aliphatic rings. The Labute approximate surface area is 55.0 Å². The molecule has 0 unspecified atom stereocenters. The van der Waals surface area contributed by atoms with Crippen molar-refractivity contribution < 1.29 is 0 Å². The predicted molar refractivity (Wildman–Crippen MR) is 36.0 cm³/mol. The second-order valence-corrected chi connectivity index (χ2v) is 2.07. The van der Waals surface area contributed by atoms with Crippen LogP contribution in [0.2, 0.25) is 0 Å². The highest BCUT2D eigenvalue weighted by Gasteiger charge is 1.90. The lowest BCUT2D eigenvalue weighted by molar-refractivity contribution is 1.01. The van der Waals surface area contributed by atoms with Crippen LogP contribution in [0.3, 0.4) is 0 Å². The van der Waals surface area contributed by atoms with Crippen LogP contribution in [-0.4, -0.2) is 9.97 Å². The molecule has 0 saturated heterocycles. The van der Waals surface area contributed by atoms with E-state index in [4.69, 9.17) is 0 Å². The molecule has 0 N–H and O–H groups in total. The Morgan fingerprint density at radius 1 is 1.22 bits per heavy atom. The minimum absolute atomic E-state index is 0.604. The normalized spacial score (nSPS) is 9.67. The van der Waals surface area contributed by atoms with E-state index in [2.05, 4.69) is 16.9 Å². The van der Waals surface area contributed by atoms with Crippen molar-refractivity contribution >= 4 is 0 Å². The van der Waals surface area contributed by atoms with Crippen LogP contribution < -0.4 is 0 Å². The summed E-state index contributed by atoms with van der Waals surface area (Å²) in [6.07, 6.45) is 0. The molecule has 0 fully saturated rings. The first kappa shape index (κ1) is 6.20. The molecule has 0 aromatic carbocycles. The molecule has 2 heteroatoms. The summed E-state index contributed by atoms with van der Waals surface area (Å²) in [4.78, 5) is 8.02. The molecule has 0 amide bonds. The zero-order valence-electron chi connectivity index (χ0n) is 5.68. The second-order valence-electron chi connectivity index (χ2n) is 2.07. The molecule has 0 spiro atoms. The van der Waals surface area contributed by atoms with Crippen LogP contribution in [0.4, 0.5) is 0 Å². The van der Waals surface area contributed by atoms with Gasteiger partial charge in [-0.25, -0.2) is 9.97 Å². The maximum atomic E-state index is 4.01. The fourth-order valence-corrected chi connectivity index (χ4v) is 0.799. The lowest BCUT2D eigenvalue weighted by atomic mass is 10.3. The standard InChI is InChI=1S/C7H9N2/c1-5-4-6(2)9-7(3)8-5/h4H,3H2,1-2H3. The number of aryl methyl sites for hydroxylation is 2. The van der Waals surface area contributed by atoms with Gasteiger partial charge in [-0.1, -0.05) is 0 Å². The fraction of sp³-hybridized carbons (Fsp3) is 0.286. The van der Waals surface area contributed by atoms with Gasteiger partial charge in [0, 0.05) is 18.3 Å². The minimum Gasteiger partial charge on any atom is -0.238 e. The molecule has 1 rings (SSSR count). The summed E-state index contributed by atoms with van der Waals surface area (Å²) in [6.45, 7) is 7.49. The Morgan fingerprint density at radius 3 is 2.00 bits per heavy atom. The van der Waals surface area contributed by atoms with Crippen LogP contribution in [0.15, 0.2) is 6.07 Å². The molecule has 1 aromatic rings. The molecule has 47 valence electrons. The van der Waals surface area contributed by atoms with Crippen LogP contribution in [0.5, 0.6) is 0 Å². The van der Waals surface area contributed by atoms with Crippen molar-refractivity contribution in [3.05, 3.63) is 30.2 Å². The van der Waals surface area contributed by atoms with E-state index in [0.29, 0.717) is 5.82 Å². The first-order valence-electron chi connectivity index (χ1n) is 2.83. The average Bonchev–Trinajstić information content (AvgIpc) is 1.59. The van der Waals surface area contributed by atoms with Crippen LogP contribution in [0.25, 0.3) is 0 Å². The Morgan fingerprint density at radius 2 is 1.67 bits per heavy atom. The highest BCUT2D eigenvalue weighted by Crippen LogP contribution is 1.96. The van der Waals surface area contributed by atoms with Gasteiger partial charge in [-0.15, -0.1) is 0 Å². The number of nitrogens with zero attached hydrogens (tertiary/aromatic N) is 2. The van der Waals surface area contributed by atoms with Crippen molar-refractivity contribution in [2.75, 3.05) is 0 Å². The molecule has 0 saturated carbocycles. The Bertz CT molecular complexity index is 168. The molecule has 0 atom stereocenters. The monoisotopic (exact) mass is 121 g/mol. The third-order valence-corrected chi connectivity index (χ3v) is 1.03. The maximum absolute atomic E-state index is 4.01. The van der Waals surface area contributed by atoms with Crippen molar-refractivity contribution in [2.45, 2.75) is 13.8 Å². The van der Waals surface area contributed by atoms with Crippen molar-refractivity contribution in [3.8, 4) is 0 Å². The Balaban J connectivity index is 3.17. The van der Waals surface area contributed by atoms with Gasteiger partial charge < -0.3 is 0 Å². The summed E-state index contributed by atoms with van der Waals surface area (Å²) < 4.78 is 0. The molecular weight excluding hydrogens is 112 g/mol. The van der Waals surface area contributed by atoms with Gasteiger partial charge in [0.1, 0.15) is 5.82 Å². The predicted octanol–water partition coefficient (Wildman–Crippen LogP) is 1.28. The van der Waals surface area contributed by atoms with E-state index >= 15 is 0 Å². The molecule has 1 aromatic heterocycles. The lowest BCUT2D eigenvalue weighted by Crippen LogP contribution is -1.91. The zero-order valence-corrected chi connectivity index (χ0v) is 5.68. The molecule has 0 bridgehead atoms. The summed E-state index contributed by atoms with van der Waals surface area (Å²) in [6, 6.07) is 1.93. The van der Waals surface area contributed by atoms with Gasteiger partial charge >= 0.3 is 0 Å². The van der Waals surface area contributed by atoms with Crippen LogP contribution in [0, 0.1) is 20.8 Å². The number of aromatic nitrogens is 2. The second kappa shape index (κ2) is 2.13. The quantitative estimate of drug-likeness (QED) is 0.516. The zero-order chi connectivity index (χ0) is 6.85. The van der Waals surface area contributed by atoms with E-state index in [0.717, 1.165) is 11.4 Å². The molecule has 1 radical (unpaired) electrons. The maximum Gasteiger partial charge on any atom is 0.129 e. The van der Waals surface area contributed by atoms with Gasteiger partial charge in [0.25, 0.3) is 0 Å². The van der Waals surface area contributed by atoms with Gasteiger partial charge in [-0.3, -0.25) is 0 Å². The van der Waals surface area contributed by atoms with E-state index in [1.165, 1.54) is 0 Å². The molecular formula is C7H9N2. The topological polar surface area (TPSA) is 25.8 Å². The largest absolute Gasteiger partial charge is 0.238 e. The highest BCUT2D eigenvalue weighted by atomic mass is 14.9. The van der Waals surface area contributed by atoms with Crippen LogP contribution in [-0.2, 0) is 0 Å². The fourth-order valence-electron chi connectivity index (χ4n) is 0.799. The minimum atomic E-state index is 0.604. The van der Waals surface area contributed by atoms with Crippen LogP contribution in [0.1, 0.15) is 17.2 Å². The number of hydrogen-bond donors (Lipinski definition) is 0. The van der Waals surface area contributed by atoms with Gasteiger partial charge in [0.05, 0.1) is 0 Å². The molecule has 9 heavy (non-hydrogen) atoms. The van der Waals surface area contributed by atoms with E-state index in [9.17, 15) is 0 Å². The SMILES string of the molecule is [CH2]c1nc(C)cc(C)n1. The average molecular weight is 121 g/mol. The van der Waals surface area contributed by atoms with Crippen LogP contribution >= 0.6 is 0 Å². The first-order valence-corrected chi connectivity index (χ1v) is 2.83. The van der Waals surface area contributed by atoms with Crippen molar-refractivity contribution in [1.82, 2.24) is 9.97 Å². The summed E-state index contributed by atoms with van der Waals surface area (Å²) in [5, 5.41) is 0. The van der Waals surface area contributed by atoms with E-state index in [-0.39, 0.29) is 0 Å². The van der Waals surface area contributed by atoms with Gasteiger partial charge in [0.2, 0.25) is 0 Å². The Hall–Kier alpha value is -0.920. The molecule has 1 heterocycles. The summed E-state index contributed by atoms with van der Waals surface area (Å²) in [5.41, 5.74) is 1.96. The van der Waals surface area contributed by atoms with Crippen molar-refractivity contribution in [2.24, 2.45) is 0 Å². The van der Waals surface area contributed by atoms with Crippen molar-refractivity contribution in [1.29, 1.82) is 0 Å². The van der Waals surface area contributed by atoms with Crippen molar-refractivity contribution in [3.63, 3.8) is 0 Å². The van der Waals surface area contributed by atoms with Gasteiger partial charge in [-0.2, -0.15) is 0 Å². The third-order valence-electron chi connectivity index (χ3n) is 1.03. The molecule has 0 aliphatic carbocycles. The number of rotatable bonds is 0. The van der Waals surface area contributed by atoms with E-state index in [1.807, 2.05) is 19.9 Å². The molecule has 2 nitrogen and oxygen atoms in total. The Kier molecular flexibility index (Phi) is 1.47. The third kappa shape index (κ3) is 1.49. The first-order chi connectivity index (χ1) is 4.18. The molecule has 0 aliphatic heterocycles. The smallest absolute Gasteiger partial charge is 0.129 e. The van der Waals surface area contributed by atoms with E-state index < -0.39 is 0 Å². The number of hydrogen-bond acceptors (Lipinski definition) is 2. The van der Waals surface area contributed by atoms with Gasteiger partial charge in [0.15, 0.2) is 0 Å². The highest BCUT2D eigenvalue weighted by molar-refractivity contribution is 5.09. The van der Waals surface area contributed by atoms with Gasteiger partial charge in [-0.05, 0) is 19.9 Å². The summed E-state index contributed by atoms with van der Waals surface area (Å²) >= 11 is 0.